The highest BCUT2D eigenvalue weighted by atomic mass is 16.3. The van der Waals surface area contributed by atoms with Crippen LogP contribution in [-0.4, -0.2) is 11.8 Å². The quantitative estimate of drug-likeness (QED) is 0.128. The first-order valence-electron chi connectivity index (χ1n) is 23.4. The van der Waals surface area contributed by atoms with E-state index in [1.165, 1.54) is 127 Å². The average Bonchev–Trinajstić information content (AvgIpc) is 3.74. The summed E-state index contributed by atoms with van der Waals surface area (Å²) in [6.07, 6.45) is 9.57. The number of nitrogens with one attached hydrogen (secondary N) is 1. The molecule has 0 atom stereocenters. The van der Waals surface area contributed by atoms with E-state index in [1.807, 2.05) is 0 Å². The van der Waals surface area contributed by atoms with Crippen molar-refractivity contribution in [2.24, 2.45) is 0 Å². The predicted molar refractivity (Wildman–Crippen MR) is 263 cm³/mol. The van der Waals surface area contributed by atoms with Gasteiger partial charge in [-0.15, -0.1) is 0 Å². The van der Waals surface area contributed by atoms with E-state index in [4.69, 9.17) is 4.42 Å². The van der Waals surface area contributed by atoms with E-state index < -0.39 is 0 Å². The van der Waals surface area contributed by atoms with Gasteiger partial charge >= 0.3 is 0 Å². The zero-order chi connectivity index (χ0) is 43.0. The second kappa shape index (κ2) is 13.7. The van der Waals surface area contributed by atoms with Gasteiger partial charge in [0, 0.05) is 38.6 Å². The molecule has 0 fully saturated rings. The number of unbranched alkanes of at least 4 members (excludes halogenated alkanes) is 2. The third kappa shape index (κ3) is 6.35. The normalized spacial score (nSPS) is 18.2. The Kier molecular flexibility index (Phi) is 9.04. The van der Waals surface area contributed by atoms with E-state index in [0.717, 1.165) is 29.8 Å². The Morgan fingerprint density at radius 1 is 0.672 bits per heavy atom. The number of hydrogen-bond acceptors (Lipinski definition) is 2. The summed E-state index contributed by atoms with van der Waals surface area (Å²) in [6.45, 7) is 28.9. The molecule has 4 heteroatoms. The molecule has 0 amide bonds. The molecule has 2 aliphatic carbocycles. The van der Waals surface area contributed by atoms with Crippen molar-refractivity contribution in [1.29, 1.82) is 0 Å². The summed E-state index contributed by atoms with van der Waals surface area (Å²) < 4.78 is 9.73. The predicted octanol–water partition coefficient (Wildman–Crippen LogP) is 14.6. The van der Waals surface area contributed by atoms with Gasteiger partial charge in [-0.2, -0.15) is 0 Å². The summed E-state index contributed by atoms with van der Waals surface area (Å²) >= 11 is 0. The molecule has 7 aromatic rings. The van der Waals surface area contributed by atoms with Gasteiger partial charge in [-0.3, -0.25) is 0 Å². The fourth-order valence-electron chi connectivity index (χ4n) is 11.4. The fraction of sp³-hybridized carbons (Fsp3) is 0.439. The topological polar surface area (TPSA) is 30.1 Å². The molecule has 10 rings (SSSR count). The van der Waals surface area contributed by atoms with Gasteiger partial charge in [0.05, 0.1) is 16.9 Å². The van der Waals surface area contributed by atoms with Gasteiger partial charge in [0.2, 0.25) is 7.28 Å². The lowest BCUT2D eigenvalue weighted by Crippen LogP contribution is -2.37. The van der Waals surface area contributed by atoms with Crippen LogP contribution < -0.4 is 16.4 Å². The van der Waals surface area contributed by atoms with Gasteiger partial charge in [0.15, 0.2) is 0 Å². The van der Waals surface area contributed by atoms with Crippen molar-refractivity contribution >= 4 is 62.6 Å². The summed E-state index contributed by atoms with van der Waals surface area (Å²) in [6, 6.07) is 30.9. The molecule has 3 nitrogen and oxygen atoms in total. The number of para-hydroxylation sites is 1. The Bertz CT molecular complexity index is 2900. The molecule has 1 radical (unpaired) electrons. The van der Waals surface area contributed by atoms with Crippen LogP contribution in [0.4, 0.5) is 11.4 Å². The van der Waals surface area contributed by atoms with Gasteiger partial charge in [-0.25, -0.2) is 0 Å². The molecule has 0 bridgehead atoms. The fourth-order valence-corrected chi connectivity index (χ4v) is 11.4. The highest BCUT2D eigenvalue weighted by Gasteiger charge is 2.41. The number of rotatable bonds is 7. The molecule has 3 heterocycles. The van der Waals surface area contributed by atoms with E-state index in [9.17, 15) is 0 Å². The lowest BCUT2D eigenvalue weighted by molar-refractivity contribution is 0.332. The zero-order valence-electron chi connectivity index (χ0n) is 39.1. The van der Waals surface area contributed by atoms with E-state index in [-0.39, 0.29) is 27.1 Å². The van der Waals surface area contributed by atoms with Crippen molar-refractivity contribution in [3.05, 3.63) is 112 Å². The summed E-state index contributed by atoms with van der Waals surface area (Å²) in [5.74, 6) is 0. The molecular formula is C57H66BN2O. The number of aryl methyl sites for hydroxylation is 1. The van der Waals surface area contributed by atoms with Gasteiger partial charge in [-0.1, -0.05) is 132 Å². The number of hydrogen-bond donors (Lipinski definition) is 1. The molecule has 0 saturated carbocycles. The molecule has 2 aromatic heterocycles. The van der Waals surface area contributed by atoms with Crippen LogP contribution >= 0.6 is 0 Å². The van der Waals surface area contributed by atoms with Crippen LogP contribution in [0.2, 0.25) is 0 Å². The Morgan fingerprint density at radius 3 is 1.92 bits per heavy atom. The smallest absolute Gasteiger partial charge is 0.247 e. The van der Waals surface area contributed by atoms with Crippen molar-refractivity contribution in [3.63, 3.8) is 0 Å². The second-order valence-electron chi connectivity index (χ2n) is 22.8. The maximum Gasteiger partial charge on any atom is 0.247 e. The second-order valence-corrected chi connectivity index (χ2v) is 22.8. The average molecular weight is 806 g/mol. The highest BCUT2D eigenvalue weighted by Crippen LogP contribution is 2.52. The molecule has 1 aliphatic heterocycles. The van der Waals surface area contributed by atoms with E-state index in [2.05, 4.69) is 179 Å². The monoisotopic (exact) mass is 806 g/mol. The maximum absolute atomic E-state index is 7.14. The van der Waals surface area contributed by atoms with Crippen molar-refractivity contribution < 1.29 is 4.42 Å². The van der Waals surface area contributed by atoms with E-state index in [0.29, 0.717) is 0 Å². The van der Waals surface area contributed by atoms with Crippen LogP contribution in [0.15, 0.2) is 83.3 Å². The Hall–Kier alpha value is -4.70. The summed E-state index contributed by atoms with van der Waals surface area (Å²) in [4.78, 5) is 0. The molecule has 0 saturated heterocycles. The van der Waals surface area contributed by atoms with E-state index >= 15 is 0 Å². The van der Waals surface area contributed by atoms with Crippen molar-refractivity contribution in [2.45, 2.75) is 162 Å². The third-order valence-corrected chi connectivity index (χ3v) is 15.5. The number of benzene rings is 5. The minimum absolute atomic E-state index is 0.0532. The van der Waals surface area contributed by atoms with Crippen molar-refractivity contribution in [2.75, 3.05) is 5.32 Å². The zero-order valence-corrected chi connectivity index (χ0v) is 39.1. The molecule has 5 aromatic carbocycles. The Balaban J connectivity index is 1.27. The SMILES string of the molecule is CCCCCc1ccc(Nc2cc3c(cc2-c2cc(C(C)(C)C)c4c5ccccc5n5c4c2[B]c2oc4cc6c(cc4c2-5)C(C)(C)CCC6(C)C)C(C)(C)CCC3(C)C)cc1. The van der Waals surface area contributed by atoms with Gasteiger partial charge in [0.1, 0.15) is 5.58 Å². The number of fused-ring (bicyclic) bond motifs is 9. The largest absolute Gasteiger partial charge is 0.469 e. The van der Waals surface area contributed by atoms with Crippen molar-refractivity contribution in [1.82, 2.24) is 4.57 Å². The Labute approximate surface area is 366 Å². The van der Waals surface area contributed by atoms with Crippen LogP contribution in [0.3, 0.4) is 0 Å². The number of furan rings is 1. The minimum Gasteiger partial charge on any atom is -0.469 e. The van der Waals surface area contributed by atoms with Gasteiger partial charge in [0.25, 0.3) is 0 Å². The Morgan fingerprint density at radius 2 is 1.28 bits per heavy atom. The lowest BCUT2D eigenvalue weighted by atomic mass is 9.60. The maximum atomic E-state index is 7.14. The van der Waals surface area contributed by atoms with Crippen LogP contribution in [-0.2, 0) is 33.5 Å². The molecule has 1 N–H and O–H groups in total. The summed E-state index contributed by atoms with van der Waals surface area (Å²) in [7, 11) is 2.40. The first-order chi connectivity index (χ1) is 28.8. The molecule has 0 spiro atoms. The van der Waals surface area contributed by atoms with Gasteiger partial charge in [-0.05, 0) is 152 Å². The number of aromatic nitrogens is 1. The third-order valence-electron chi connectivity index (χ3n) is 15.5. The number of nitrogens with zero attached hydrogens (tertiary/aromatic N) is 1. The minimum atomic E-state index is -0.119. The molecule has 313 valence electrons. The van der Waals surface area contributed by atoms with Crippen LogP contribution in [0.5, 0.6) is 0 Å². The van der Waals surface area contributed by atoms with Gasteiger partial charge < -0.3 is 14.3 Å². The lowest BCUT2D eigenvalue weighted by Gasteiger charge is -2.42. The first-order valence-corrected chi connectivity index (χ1v) is 23.4. The first kappa shape index (κ1) is 40.4. The van der Waals surface area contributed by atoms with E-state index in [1.54, 1.807) is 0 Å². The van der Waals surface area contributed by atoms with Crippen LogP contribution in [0.25, 0.3) is 49.6 Å². The molecular weight excluding hydrogens is 739 g/mol. The molecule has 3 aliphatic rings. The van der Waals surface area contributed by atoms with Crippen LogP contribution in [0.1, 0.15) is 161 Å². The highest BCUT2D eigenvalue weighted by molar-refractivity contribution is 6.73. The standard InChI is InChI=1S/C57H66BN2O/c1-13-14-15-18-34-21-23-35(24-22-34)59-45-32-42-40(54(5,6)25-27-56(42,9)10)29-37(45)38-30-44(53(2,3)4)48-36-19-16-17-20-46(36)60-50-39-31-41-43(57(11,12)28-26-55(41,7)8)33-47(39)61-52(50)58-49(38)51(48)60/h16-17,19-24,29-33,59H,13-15,18,25-28H2,1-12H3. The molecule has 0 unspecified atom stereocenters. The summed E-state index contributed by atoms with van der Waals surface area (Å²) in [5.41, 5.74) is 20.5. The molecule has 61 heavy (non-hydrogen) atoms. The summed E-state index contributed by atoms with van der Waals surface area (Å²) in [5, 5.41) is 7.91. The van der Waals surface area contributed by atoms with Crippen LogP contribution in [0, 0.1) is 0 Å². The van der Waals surface area contributed by atoms with Crippen molar-refractivity contribution in [3.8, 4) is 16.8 Å². The number of anilines is 2.